The molecule has 0 aromatic heterocycles. The summed E-state index contributed by atoms with van der Waals surface area (Å²) in [6.45, 7) is 3.53. The minimum Gasteiger partial charge on any atom is -0.497 e. The van der Waals surface area contributed by atoms with Crippen LogP contribution in [0.2, 0.25) is 0 Å². The maximum absolute atomic E-state index is 5.65. The van der Waals surface area contributed by atoms with Crippen molar-refractivity contribution >= 4 is 29.9 Å². The zero-order chi connectivity index (χ0) is 16.0. The third kappa shape index (κ3) is 10.4. The largest absolute Gasteiger partial charge is 0.497 e. The van der Waals surface area contributed by atoms with Gasteiger partial charge in [-0.25, -0.2) is 0 Å². The highest BCUT2D eigenvalue weighted by molar-refractivity contribution is 14.0. The third-order valence-electron chi connectivity index (χ3n) is 3.01. The first-order valence-corrected chi connectivity index (χ1v) is 7.44. The summed E-state index contributed by atoms with van der Waals surface area (Å²) < 4.78 is 15.7. The second kappa shape index (κ2) is 14.5. The smallest absolute Gasteiger partial charge is 0.191 e. The number of benzene rings is 1. The number of rotatable bonds is 10. The molecule has 0 unspecified atom stereocenters. The van der Waals surface area contributed by atoms with E-state index in [0.717, 1.165) is 36.8 Å². The van der Waals surface area contributed by atoms with Gasteiger partial charge < -0.3 is 24.8 Å². The zero-order valence-electron chi connectivity index (χ0n) is 14.1. The number of aliphatic imine (C=N–C) groups is 1. The van der Waals surface area contributed by atoms with Crippen LogP contribution in [0, 0.1) is 0 Å². The molecule has 1 rings (SSSR count). The quantitative estimate of drug-likeness (QED) is 0.254. The monoisotopic (exact) mass is 437 g/mol. The Balaban J connectivity index is 0.00000484. The molecular weight excluding hydrogens is 409 g/mol. The molecule has 0 radical (unpaired) electrons. The Hall–Kier alpha value is -1.06. The maximum atomic E-state index is 5.65. The summed E-state index contributed by atoms with van der Waals surface area (Å²) in [6, 6.07) is 7.91. The van der Waals surface area contributed by atoms with Gasteiger partial charge in [-0.15, -0.1) is 24.0 Å². The molecule has 132 valence electrons. The number of halogens is 1. The molecule has 0 aliphatic carbocycles. The molecule has 0 aliphatic rings. The molecule has 1 aromatic carbocycles. The molecule has 0 aliphatic heterocycles. The lowest BCUT2D eigenvalue weighted by Gasteiger charge is -2.11. The fraction of sp³-hybridized carbons (Fsp3) is 0.562. The number of methoxy groups -OCH3 is 2. The molecular formula is C16H28IN3O3. The molecule has 1 aromatic rings. The van der Waals surface area contributed by atoms with Crippen molar-refractivity contribution in [2.24, 2.45) is 4.99 Å². The summed E-state index contributed by atoms with van der Waals surface area (Å²) in [4.78, 5) is 4.13. The van der Waals surface area contributed by atoms with Crippen molar-refractivity contribution < 1.29 is 14.2 Å². The summed E-state index contributed by atoms with van der Waals surface area (Å²) in [7, 11) is 5.09. The van der Waals surface area contributed by atoms with Crippen LogP contribution in [0.4, 0.5) is 0 Å². The molecule has 23 heavy (non-hydrogen) atoms. The Morgan fingerprint density at radius 3 is 2.35 bits per heavy atom. The second-order valence-corrected chi connectivity index (χ2v) is 4.67. The zero-order valence-corrected chi connectivity index (χ0v) is 16.5. The van der Waals surface area contributed by atoms with Gasteiger partial charge in [0.1, 0.15) is 5.75 Å². The summed E-state index contributed by atoms with van der Waals surface area (Å²) in [5.74, 6) is 1.65. The van der Waals surface area contributed by atoms with Crippen molar-refractivity contribution in [3.63, 3.8) is 0 Å². The van der Waals surface area contributed by atoms with Gasteiger partial charge in [0.15, 0.2) is 5.96 Å². The lowest BCUT2D eigenvalue weighted by atomic mass is 10.2. The van der Waals surface area contributed by atoms with Crippen molar-refractivity contribution in [2.45, 2.75) is 13.0 Å². The van der Waals surface area contributed by atoms with Crippen LogP contribution in [0.5, 0.6) is 5.75 Å². The highest BCUT2D eigenvalue weighted by Crippen LogP contribution is 2.11. The minimum absolute atomic E-state index is 0. The fourth-order valence-electron chi connectivity index (χ4n) is 1.78. The summed E-state index contributed by atoms with van der Waals surface area (Å²) in [5.41, 5.74) is 1.14. The van der Waals surface area contributed by atoms with E-state index in [1.165, 1.54) is 0 Å². The number of hydrogen-bond donors (Lipinski definition) is 2. The molecule has 0 saturated heterocycles. The maximum Gasteiger partial charge on any atom is 0.191 e. The summed E-state index contributed by atoms with van der Waals surface area (Å²) in [5, 5.41) is 6.39. The van der Waals surface area contributed by atoms with Crippen LogP contribution in [0.3, 0.4) is 0 Å². The van der Waals surface area contributed by atoms with E-state index in [1.807, 2.05) is 24.3 Å². The van der Waals surface area contributed by atoms with Crippen molar-refractivity contribution in [3.8, 4) is 5.75 Å². The van der Waals surface area contributed by atoms with Crippen LogP contribution in [-0.4, -0.2) is 53.5 Å². The first-order chi connectivity index (χ1) is 10.8. The van der Waals surface area contributed by atoms with Gasteiger partial charge in [0.25, 0.3) is 0 Å². The molecule has 7 heteroatoms. The number of hydrogen-bond acceptors (Lipinski definition) is 4. The summed E-state index contributed by atoms with van der Waals surface area (Å²) in [6.07, 6.45) is 0.918. The van der Waals surface area contributed by atoms with E-state index in [-0.39, 0.29) is 24.0 Å². The van der Waals surface area contributed by atoms with Gasteiger partial charge in [-0.2, -0.15) is 0 Å². The van der Waals surface area contributed by atoms with Gasteiger partial charge >= 0.3 is 0 Å². The van der Waals surface area contributed by atoms with E-state index < -0.39 is 0 Å². The van der Waals surface area contributed by atoms with Gasteiger partial charge in [-0.3, -0.25) is 4.99 Å². The minimum atomic E-state index is 0. The van der Waals surface area contributed by atoms with Crippen LogP contribution in [-0.2, 0) is 16.1 Å². The first-order valence-electron chi connectivity index (χ1n) is 7.44. The topological polar surface area (TPSA) is 64.1 Å². The normalized spacial score (nSPS) is 10.8. The van der Waals surface area contributed by atoms with Crippen molar-refractivity contribution in [2.75, 3.05) is 47.6 Å². The lowest BCUT2D eigenvalue weighted by Crippen LogP contribution is -2.39. The highest BCUT2D eigenvalue weighted by Gasteiger charge is 1.97. The van der Waals surface area contributed by atoms with E-state index in [9.17, 15) is 0 Å². The van der Waals surface area contributed by atoms with Crippen LogP contribution < -0.4 is 15.4 Å². The Morgan fingerprint density at radius 2 is 1.74 bits per heavy atom. The van der Waals surface area contributed by atoms with Crippen molar-refractivity contribution in [3.05, 3.63) is 29.8 Å². The number of nitrogens with one attached hydrogen (secondary N) is 2. The summed E-state index contributed by atoms with van der Waals surface area (Å²) >= 11 is 0. The first kappa shape index (κ1) is 21.9. The third-order valence-corrected chi connectivity index (χ3v) is 3.01. The van der Waals surface area contributed by atoms with Crippen LogP contribution >= 0.6 is 24.0 Å². The Kier molecular flexibility index (Phi) is 13.9. The Labute approximate surface area is 156 Å². The predicted molar refractivity (Wildman–Crippen MR) is 104 cm³/mol. The molecule has 0 atom stereocenters. The van der Waals surface area contributed by atoms with E-state index >= 15 is 0 Å². The van der Waals surface area contributed by atoms with E-state index in [1.54, 1.807) is 21.3 Å². The Morgan fingerprint density at radius 1 is 1.04 bits per heavy atom. The molecule has 2 N–H and O–H groups in total. The van der Waals surface area contributed by atoms with Crippen LogP contribution in [0.15, 0.2) is 29.3 Å². The molecule has 0 bridgehead atoms. The van der Waals surface area contributed by atoms with Crippen LogP contribution in [0.1, 0.15) is 12.0 Å². The number of guanidine groups is 1. The predicted octanol–water partition coefficient (Wildman–Crippen LogP) is 2.03. The number of ether oxygens (including phenoxy) is 3. The van der Waals surface area contributed by atoms with Gasteiger partial charge in [0.05, 0.1) is 20.3 Å². The van der Waals surface area contributed by atoms with E-state index in [0.29, 0.717) is 19.8 Å². The van der Waals surface area contributed by atoms with E-state index in [2.05, 4.69) is 15.6 Å². The van der Waals surface area contributed by atoms with Gasteiger partial charge in [0.2, 0.25) is 0 Å². The molecule has 0 amide bonds. The molecule has 0 spiro atoms. The van der Waals surface area contributed by atoms with Crippen molar-refractivity contribution in [1.29, 1.82) is 0 Å². The standard InChI is InChI=1S/C16H27N3O3.HI/c1-17-16(19-10-12-20-2)18-9-4-11-22-13-14-5-7-15(21-3)8-6-14;/h5-8H,4,9-13H2,1-3H3,(H2,17,18,19);1H. The fourth-order valence-corrected chi connectivity index (χ4v) is 1.78. The van der Waals surface area contributed by atoms with Crippen LogP contribution in [0.25, 0.3) is 0 Å². The lowest BCUT2D eigenvalue weighted by molar-refractivity contribution is 0.119. The van der Waals surface area contributed by atoms with Gasteiger partial charge in [-0.05, 0) is 24.1 Å². The molecule has 0 saturated carbocycles. The number of nitrogens with zero attached hydrogens (tertiary/aromatic N) is 1. The SMILES string of the molecule is CN=C(NCCCOCc1ccc(OC)cc1)NCCOC.I. The van der Waals surface area contributed by atoms with Crippen molar-refractivity contribution in [1.82, 2.24) is 10.6 Å². The highest BCUT2D eigenvalue weighted by atomic mass is 127. The van der Waals surface area contributed by atoms with Gasteiger partial charge in [-0.1, -0.05) is 12.1 Å². The average molecular weight is 437 g/mol. The molecule has 6 nitrogen and oxygen atoms in total. The molecule has 0 heterocycles. The second-order valence-electron chi connectivity index (χ2n) is 4.67. The Bertz CT molecular complexity index is 427. The average Bonchev–Trinajstić information content (AvgIpc) is 2.57. The molecule has 0 fully saturated rings. The van der Waals surface area contributed by atoms with Gasteiger partial charge in [0, 0.05) is 33.9 Å². The van der Waals surface area contributed by atoms with E-state index in [4.69, 9.17) is 14.2 Å².